The molecule has 0 bridgehead atoms. The molecule has 0 radical (unpaired) electrons. The van der Waals surface area contributed by atoms with Gasteiger partial charge in [0.05, 0.1) is 21.4 Å². The topological polar surface area (TPSA) is 80.8 Å². The number of carbonyl (C=O) groups excluding carboxylic acids is 2. The molecule has 31 heavy (non-hydrogen) atoms. The van der Waals surface area contributed by atoms with Crippen LogP contribution >= 0.6 is 23.2 Å². The zero-order chi connectivity index (χ0) is 23.7. The van der Waals surface area contributed by atoms with Gasteiger partial charge in [-0.3, -0.25) is 9.59 Å². The van der Waals surface area contributed by atoms with Gasteiger partial charge in [0.1, 0.15) is 5.56 Å². The van der Waals surface area contributed by atoms with E-state index in [1.54, 1.807) is 0 Å². The number of amides is 1. The first-order valence-corrected chi connectivity index (χ1v) is 11.0. The summed E-state index contributed by atoms with van der Waals surface area (Å²) in [6.07, 6.45) is -4.99. The molecule has 1 amide bonds. The summed E-state index contributed by atoms with van der Waals surface area (Å²) in [6, 6.07) is 5.10. The van der Waals surface area contributed by atoms with E-state index in [9.17, 15) is 31.2 Å². The van der Waals surface area contributed by atoms with Gasteiger partial charge in [0.15, 0.2) is 15.6 Å². The lowest BCUT2D eigenvalue weighted by Gasteiger charge is -2.22. The van der Waals surface area contributed by atoms with E-state index in [1.807, 2.05) is 0 Å². The van der Waals surface area contributed by atoms with Crippen molar-refractivity contribution in [1.82, 2.24) is 0 Å². The Balaban J connectivity index is 2.64. The molecular weight excluding hydrogens is 482 g/mol. The van der Waals surface area contributed by atoms with E-state index >= 15 is 0 Å². The maximum Gasteiger partial charge on any atom is 0.420 e. The Kier molecular flexibility index (Phi) is 7.29. The highest BCUT2D eigenvalue weighted by atomic mass is 35.5. The van der Waals surface area contributed by atoms with Crippen LogP contribution in [-0.4, -0.2) is 33.1 Å². The van der Waals surface area contributed by atoms with Gasteiger partial charge in [0, 0.05) is 24.6 Å². The summed E-state index contributed by atoms with van der Waals surface area (Å²) >= 11 is 11.8. The fourth-order valence-electron chi connectivity index (χ4n) is 2.65. The quantitative estimate of drug-likeness (QED) is 0.428. The normalized spacial score (nSPS) is 11.9. The Morgan fingerprint density at radius 1 is 1.13 bits per heavy atom. The molecule has 0 unspecified atom stereocenters. The second-order valence-corrected chi connectivity index (χ2v) is 9.40. The van der Waals surface area contributed by atoms with Gasteiger partial charge in [0.2, 0.25) is 0 Å². The van der Waals surface area contributed by atoms with Crippen molar-refractivity contribution in [3.63, 3.8) is 0 Å². The van der Waals surface area contributed by atoms with Crippen LogP contribution < -0.4 is 9.64 Å². The second kappa shape index (κ2) is 9.05. The number of rotatable bonds is 5. The predicted octanol–water partition coefficient (Wildman–Crippen LogP) is 5.01. The zero-order valence-electron chi connectivity index (χ0n) is 16.4. The number of nitrogens with zero attached hydrogens (tertiary/aromatic N) is 1. The van der Waals surface area contributed by atoms with Crippen LogP contribution in [-0.2, 0) is 20.8 Å². The van der Waals surface area contributed by atoms with Gasteiger partial charge in [-0.05, 0) is 30.3 Å². The number of halogens is 5. The van der Waals surface area contributed by atoms with Crippen molar-refractivity contribution in [2.45, 2.75) is 24.9 Å². The van der Waals surface area contributed by atoms with Crippen molar-refractivity contribution in [3.05, 3.63) is 51.5 Å². The summed E-state index contributed by atoms with van der Waals surface area (Å²) in [5.41, 5.74) is -2.05. The van der Waals surface area contributed by atoms with Crippen molar-refractivity contribution in [2.75, 3.05) is 17.7 Å². The van der Waals surface area contributed by atoms with Crippen LogP contribution in [0.2, 0.25) is 10.0 Å². The Bertz CT molecular complexity index is 1150. The molecule has 0 saturated carbocycles. The van der Waals surface area contributed by atoms with Crippen molar-refractivity contribution in [3.8, 4) is 5.75 Å². The van der Waals surface area contributed by atoms with Gasteiger partial charge in [0.25, 0.3) is 5.91 Å². The SMILES string of the molecule is CCS(=O)(=O)c1ccc(Cl)cc1N(C)C(=O)c1cc(Cl)c(OC(C)=O)c(C(F)(F)F)c1. The van der Waals surface area contributed by atoms with Crippen LogP contribution in [0.5, 0.6) is 5.75 Å². The maximum atomic E-state index is 13.5. The third kappa shape index (κ3) is 5.50. The van der Waals surface area contributed by atoms with Crippen molar-refractivity contribution >= 4 is 50.6 Å². The molecular formula is C19H16Cl2F3NO5S. The van der Waals surface area contributed by atoms with E-state index < -0.39 is 49.8 Å². The van der Waals surface area contributed by atoms with E-state index in [0.717, 1.165) is 17.9 Å². The van der Waals surface area contributed by atoms with Gasteiger partial charge >= 0.3 is 12.1 Å². The van der Waals surface area contributed by atoms with Crippen molar-refractivity contribution in [1.29, 1.82) is 0 Å². The van der Waals surface area contributed by atoms with Gasteiger partial charge < -0.3 is 9.64 Å². The highest BCUT2D eigenvalue weighted by Gasteiger charge is 2.37. The number of hydrogen-bond acceptors (Lipinski definition) is 5. The van der Waals surface area contributed by atoms with Gasteiger partial charge in [-0.1, -0.05) is 30.1 Å². The molecule has 12 heteroatoms. The first-order chi connectivity index (χ1) is 14.2. The first kappa shape index (κ1) is 25.0. The zero-order valence-corrected chi connectivity index (χ0v) is 18.7. The summed E-state index contributed by atoms with van der Waals surface area (Å²) in [4.78, 5) is 24.7. The minimum Gasteiger partial charge on any atom is -0.424 e. The van der Waals surface area contributed by atoms with Gasteiger partial charge in [-0.15, -0.1) is 0 Å². The van der Waals surface area contributed by atoms with E-state index in [2.05, 4.69) is 4.74 Å². The lowest BCUT2D eigenvalue weighted by Crippen LogP contribution is -2.28. The van der Waals surface area contributed by atoms with Crippen LogP contribution in [0.3, 0.4) is 0 Å². The number of hydrogen-bond donors (Lipinski definition) is 0. The molecule has 0 spiro atoms. The van der Waals surface area contributed by atoms with Crippen LogP contribution in [0.25, 0.3) is 0 Å². The molecule has 0 fully saturated rings. The number of benzene rings is 2. The summed E-state index contributed by atoms with van der Waals surface area (Å²) in [7, 11) is -2.60. The average molecular weight is 498 g/mol. The minimum atomic E-state index is -4.99. The molecule has 0 aromatic heterocycles. The van der Waals surface area contributed by atoms with Gasteiger partial charge in [-0.25, -0.2) is 8.42 Å². The molecule has 6 nitrogen and oxygen atoms in total. The van der Waals surface area contributed by atoms with Crippen LogP contribution in [0, 0.1) is 0 Å². The molecule has 0 heterocycles. The average Bonchev–Trinajstić information content (AvgIpc) is 2.66. The number of esters is 1. The number of alkyl halides is 3. The molecule has 0 N–H and O–H groups in total. The third-order valence-electron chi connectivity index (χ3n) is 4.14. The highest BCUT2D eigenvalue weighted by Crippen LogP contribution is 2.42. The van der Waals surface area contributed by atoms with Crippen LogP contribution in [0.4, 0.5) is 18.9 Å². The fourth-order valence-corrected chi connectivity index (χ4v) is 4.17. The Morgan fingerprint density at radius 2 is 1.74 bits per heavy atom. The summed E-state index contributed by atoms with van der Waals surface area (Å²) in [6.45, 7) is 2.30. The minimum absolute atomic E-state index is 0.115. The largest absolute Gasteiger partial charge is 0.424 e. The monoisotopic (exact) mass is 497 g/mol. The summed E-state index contributed by atoms with van der Waals surface area (Å²) in [5, 5.41) is -0.502. The lowest BCUT2D eigenvalue weighted by molar-refractivity contribution is -0.141. The highest BCUT2D eigenvalue weighted by molar-refractivity contribution is 7.91. The van der Waals surface area contributed by atoms with Crippen molar-refractivity contribution in [2.24, 2.45) is 0 Å². The molecule has 0 saturated heterocycles. The molecule has 2 aromatic carbocycles. The van der Waals surface area contributed by atoms with E-state index in [-0.39, 0.29) is 21.4 Å². The molecule has 0 aliphatic rings. The predicted molar refractivity (Wildman–Crippen MR) is 110 cm³/mol. The van der Waals surface area contributed by atoms with Crippen LogP contribution in [0.1, 0.15) is 29.8 Å². The third-order valence-corrected chi connectivity index (χ3v) is 6.44. The second-order valence-electron chi connectivity index (χ2n) is 6.31. The molecule has 0 aliphatic heterocycles. The Morgan fingerprint density at radius 3 is 2.26 bits per heavy atom. The lowest BCUT2D eigenvalue weighted by atomic mass is 10.1. The molecule has 2 rings (SSSR count). The van der Waals surface area contributed by atoms with Crippen LogP contribution in [0.15, 0.2) is 35.2 Å². The Hall–Kier alpha value is -2.30. The van der Waals surface area contributed by atoms with E-state index in [4.69, 9.17) is 23.2 Å². The molecule has 0 aliphatic carbocycles. The summed E-state index contributed by atoms with van der Waals surface area (Å²) < 4.78 is 69.8. The number of carbonyl (C=O) groups is 2. The van der Waals surface area contributed by atoms with Gasteiger partial charge in [-0.2, -0.15) is 13.2 Å². The van der Waals surface area contributed by atoms with Crippen molar-refractivity contribution < 1.29 is 35.9 Å². The smallest absolute Gasteiger partial charge is 0.420 e. The standard InChI is InChI=1S/C19H16Cl2F3NO5S/c1-4-31(28,29)16-6-5-12(20)9-15(16)25(3)18(27)11-7-13(19(22,23)24)17(14(21)8-11)30-10(2)26/h5-9H,4H2,1-3H3. The fraction of sp³-hybridized carbons (Fsp3) is 0.263. The maximum absolute atomic E-state index is 13.5. The molecule has 2 aromatic rings. The van der Waals surface area contributed by atoms with E-state index in [1.165, 1.54) is 32.2 Å². The Labute approximate surface area is 186 Å². The molecule has 0 atom stereocenters. The number of sulfone groups is 1. The first-order valence-electron chi connectivity index (χ1n) is 8.58. The number of ether oxygens (including phenoxy) is 1. The number of anilines is 1. The summed E-state index contributed by atoms with van der Waals surface area (Å²) in [5.74, 6) is -3.23. The van der Waals surface area contributed by atoms with E-state index in [0.29, 0.717) is 6.07 Å². The molecule has 168 valence electrons.